The smallest absolute Gasteiger partial charge is 0.0307 e. The zero-order chi connectivity index (χ0) is 11.8. The predicted molar refractivity (Wildman–Crippen MR) is 75.4 cm³/mol. The van der Waals surface area contributed by atoms with Gasteiger partial charge in [0, 0.05) is 21.2 Å². The Kier molecular flexibility index (Phi) is 6.80. The van der Waals surface area contributed by atoms with Crippen LogP contribution in [0.4, 0.5) is 0 Å². The van der Waals surface area contributed by atoms with E-state index in [-0.39, 0.29) is 0 Å². The zero-order valence-electron chi connectivity index (χ0n) is 9.16. The third-order valence-electron chi connectivity index (χ3n) is 2.20. The summed E-state index contributed by atoms with van der Waals surface area (Å²) in [6.07, 6.45) is 3.95. The van der Waals surface area contributed by atoms with E-state index in [0.717, 1.165) is 23.1 Å². The molecule has 0 aliphatic carbocycles. The first-order chi connectivity index (χ1) is 7.76. The molecule has 1 aromatic rings. The highest BCUT2D eigenvalue weighted by Crippen LogP contribution is 2.23. The Balaban J connectivity index is 2.39. The molecule has 0 aromatic heterocycles. The molecule has 2 nitrogen and oxygen atoms in total. The topological polar surface area (TPSA) is 38.0 Å². The molecule has 4 heteroatoms. The summed E-state index contributed by atoms with van der Waals surface area (Å²) in [7, 11) is 0. The van der Waals surface area contributed by atoms with E-state index in [0.29, 0.717) is 6.04 Å². The van der Waals surface area contributed by atoms with Gasteiger partial charge in [-0.25, -0.2) is 0 Å². The van der Waals surface area contributed by atoms with Crippen LogP contribution in [0.2, 0.25) is 0 Å². The molecule has 1 atom stereocenters. The van der Waals surface area contributed by atoms with E-state index in [1.54, 1.807) is 0 Å². The number of benzene rings is 1. The number of rotatable bonds is 7. The van der Waals surface area contributed by atoms with Crippen molar-refractivity contribution < 1.29 is 0 Å². The molecule has 1 unspecified atom stereocenters. The second-order valence-corrected chi connectivity index (χ2v) is 5.51. The van der Waals surface area contributed by atoms with Crippen LogP contribution in [0.15, 0.2) is 46.3 Å². The summed E-state index contributed by atoms with van der Waals surface area (Å²) in [6.45, 7) is 3.72. The van der Waals surface area contributed by atoms with Gasteiger partial charge in [0.2, 0.25) is 0 Å². The third kappa shape index (κ3) is 5.16. The monoisotopic (exact) mass is 300 g/mol. The summed E-state index contributed by atoms with van der Waals surface area (Å²) in [5.74, 6) is 6.47. The molecule has 0 aliphatic heterocycles. The van der Waals surface area contributed by atoms with Crippen LogP contribution in [0.3, 0.4) is 0 Å². The van der Waals surface area contributed by atoms with Crippen molar-refractivity contribution in [2.75, 3.05) is 5.75 Å². The van der Waals surface area contributed by atoms with Gasteiger partial charge in [-0.05, 0) is 31.0 Å². The van der Waals surface area contributed by atoms with Crippen molar-refractivity contribution in [1.82, 2.24) is 5.43 Å². The Morgan fingerprint density at radius 1 is 1.56 bits per heavy atom. The number of nitrogens with two attached hydrogens (primary N) is 1. The maximum Gasteiger partial charge on any atom is 0.0307 e. The summed E-state index contributed by atoms with van der Waals surface area (Å²) in [6, 6.07) is 8.63. The lowest BCUT2D eigenvalue weighted by Crippen LogP contribution is -2.36. The van der Waals surface area contributed by atoms with E-state index in [4.69, 9.17) is 5.84 Å². The minimum Gasteiger partial charge on any atom is -0.271 e. The van der Waals surface area contributed by atoms with Crippen LogP contribution >= 0.6 is 27.7 Å². The number of hydrazine groups is 1. The number of hydrogen-bond donors (Lipinski definition) is 2. The van der Waals surface area contributed by atoms with Gasteiger partial charge in [0.05, 0.1) is 0 Å². The van der Waals surface area contributed by atoms with E-state index in [9.17, 15) is 0 Å². The minimum absolute atomic E-state index is 0.335. The van der Waals surface area contributed by atoms with Crippen LogP contribution in [0, 0.1) is 0 Å². The molecule has 0 aliphatic rings. The second-order valence-electron chi connectivity index (χ2n) is 3.50. The van der Waals surface area contributed by atoms with Gasteiger partial charge in [0.15, 0.2) is 0 Å². The zero-order valence-corrected chi connectivity index (χ0v) is 11.6. The fourth-order valence-corrected chi connectivity index (χ4v) is 2.88. The Morgan fingerprint density at radius 2 is 2.38 bits per heavy atom. The van der Waals surface area contributed by atoms with Crippen molar-refractivity contribution in [2.24, 2.45) is 5.84 Å². The van der Waals surface area contributed by atoms with Gasteiger partial charge in [-0.1, -0.05) is 28.1 Å². The molecule has 3 N–H and O–H groups in total. The van der Waals surface area contributed by atoms with Gasteiger partial charge < -0.3 is 0 Å². The standard InChI is InChI=1S/C12H17BrN2S/c1-2-3-6-11(15-14)9-16-12-7-4-5-10(13)8-12/h2,4-5,7-8,11,15H,1,3,6,9,14H2. The van der Waals surface area contributed by atoms with E-state index in [2.05, 4.69) is 40.1 Å². The highest BCUT2D eigenvalue weighted by molar-refractivity contribution is 9.10. The Labute approximate surface area is 110 Å². The molecule has 1 aromatic carbocycles. The molecule has 0 bridgehead atoms. The number of nitrogens with one attached hydrogen (secondary N) is 1. The molecule has 16 heavy (non-hydrogen) atoms. The number of halogens is 1. The van der Waals surface area contributed by atoms with Crippen molar-refractivity contribution in [3.05, 3.63) is 41.4 Å². The summed E-state index contributed by atoms with van der Waals surface area (Å²) in [4.78, 5) is 1.26. The lowest BCUT2D eigenvalue weighted by molar-refractivity contribution is 0.544. The minimum atomic E-state index is 0.335. The molecular weight excluding hydrogens is 284 g/mol. The van der Waals surface area contributed by atoms with Gasteiger partial charge in [0.1, 0.15) is 0 Å². The van der Waals surface area contributed by atoms with Crippen molar-refractivity contribution in [2.45, 2.75) is 23.8 Å². The highest BCUT2D eigenvalue weighted by atomic mass is 79.9. The maximum absolute atomic E-state index is 5.50. The summed E-state index contributed by atoms with van der Waals surface area (Å²) in [5, 5.41) is 0. The summed E-state index contributed by atoms with van der Waals surface area (Å²) in [5.41, 5.74) is 2.84. The van der Waals surface area contributed by atoms with Gasteiger partial charge >= 0.3 is 0 Å². The van der Waals surface area contributed by atoms with Crippen LogP contribution in [-0.4, -0.2) is 11.8 Å². The molecule has 0 saturated heterocycles. The molecule has 88 valence electrons. The van der Waals surface area contributed by atoms with E-state index >= 15 is 0 Å². The molecule has 0 amide bonds. The lowest BCUT2D eigenvalue weighted by Gasteiger charge is -2.14. The Morgan fingerprint density at radius 3 is 3.00 bits per heavy atom. The van der Waals surface area contributed by atoms with Gasteiger partial charge in [-0.2, -0.15) is 0 Å². The molecule has 0 saturated carbocycles. The van der Waals surface area contributed by atoms with E-state index in [1.165, 1.54) is 4.90 Å². The third-order valence-corrected chi connectivity index (χ3v) is 3.85. The summed E-state index contributed by atoms with van der Waals surface area (Å²) >= 11 is 5.27. The molecule has 1 rings (SSSR count). The van der Waals surface area contributed by atoms with Crippen molar-refractivity contribution in [3.63, 3.8) is 0 Å². The van der Waals surface area contributed by atoms with Crippen LogP contribution in [0.5, 0.6) is 0 Å². The van der Waals surface area contributed by atoms with Crippen molar-refractivity contribution in [1.29, 1.82) is 0 Å². The molecular formula is C12H17BrN2S. The van der Waals surface area contributed by atoms with Gasteiger partial charge in [-0.15, -0.1) is 18.3 Å². The first-order valence-corrected chi connectivity index (χ1v) is 6.99. The lowest BCUT2D eigenvalue weighted by atomic mass is 10.2. The first kappa shape index (κ1) is 13.8. The van der Waals surface area contributed by atoms with Crippen LogP contribution in [0.1, 0.15) is 12.8 Å². The van der Waals surface area contributed by atoms with Crippen LogP contribution < -0.4 is 11.3 Å². The van der Waals surface area contributed by atoms with Crippen LogP contribution in [0.25, 0.3) is 0 Å². The second kappa shape index (κ2) is 7.90. The van der Waals surface area contributed by atoms with Crippen molar-refractivity contribution >= 4 is 27.7 Å². The first-order valence-electron chi connectivity index (χ1n) is 5.21. The molecule has 0 spiro atoms. The Hall–Kier alpha value is -0.290. The summed E-state index contributed by atoms with van der Waals surface area (Å²) < 4.78 is 1.11. The fraction of sp³-hybridized carbons (Fsp3) is 0.333. The largest absolute Gasteiger partial charge is 0.271 e. The van der Waals surface area contributed by atoms with Gasteiger partial charge in [-0.3, -0.25) is 11.3 Å². The Bertz CT molecular complexity index is 331. The average molecular weight is 301 g/mol. The van der Waals surface area contributed by atoms with Crippen LogP contribution in [-0.2, 0) is 0 Å². The van der Waals surface area contributed by atoms with E-state index in [1.807, 2.05) is 30.0 Å². The molecule has 0 radical (unpaired) electrons. The fourth-order valence-electron chi connectivity index (χ4n) is 1.29. The number of thioether (sulfide) groups is 1. The SMILES string of the molecule is C=CCCC(CSc1cccc(Br)c1)NN. The normalized spacial score (nSPS) is 12.4. The average Bonchev–Trinajstić information content (AvgIpc) is 2.29. The highest BCUT2D eigenvalue weighted by Gasteiger charge is 2.06. The molecule has 0 fully saturated rings. The van der Waals surface area contributed by atoms with E-state index < -0.39 is 0 Å². The number of hydrogen-bond acceptors (Lipinski definition) is 3. The molecule has 0 heterocycles. The number of allylic oxidation sites excluding steroid dienone is 1. The maximum atomic E-state index is 5.50. The van der Waals surface area contributed by atoms with Gasteiger partial charge in [0.25, 0.3) is 0 Å². The predicted octanol–water partition coefficient (Wildman–Crippen LogP) is 3.34. The van der Waals surface area contributed by atoms with Crippen molar-refractivity contribution in [3.8, 4) is 0 Å². The quantitative estimate of drug-likeness (QED) is 0.351.